The van der Waals surface area contributed by atoms with E-state index >= 15 is 0 Å². The van der Waals surface area contributed by atoms with E-state index in [0.717, 1.165) is 31.7 Å². The predicted molar refractivity (Wildman–Crippen MR) is 86.3 cm³/mol. The molecule has 1 amide bonds. The van der Waals surface area contributed by atoms with E-state index in [4.69, 9.17) is 0 Å². The standard InChI is InChI=1S/C17H28N2O/c1-6-12-19(16(20)13-18(7-2)8-3)17-14(4)10-9-11-15(17)5/h9-11H,6-8,12-13H2,1-5H3. The van der Waals surface area contributed by atoms with Crippen molar-refractivity contribution in [3.05, 3.63) is 29.3 Å². The van der Waals surface area contributed by atoms with E-state index in [1.54, 1.807) is 0 Å². The first-order chi connectivity index (χ1) is 9.54. The van der Waals surface area contributed by atoms with Crippen LogP contribution in [0.4, 0.5) is 5.69 Å². The van der Waals surface area contributed by atoms with Gasteiger partial charge in [0.25, 0.3) is 0 Å². The second kappa shape index (κ2) is 8.05. The first kappa shape index (κ1) is 16.7. The number of amides is 1. The Hall–Kier alpha value is -1.35. The number of likely N-dealkylation sites (N-methyl/N-ethyl adjacent to an activating group) is 1. The quantitative estimate of drug-likeness (QED) is 0.762. The van der Waals surface area contributed by atoms with Gasteiger partial charge in [-0.2, -0.15) is 0 Å². The Morgan fingerprint density at radius 2 is 1.60 bits per heavy atom. The maximum Gasteiger partial charge on any atom is 0.241 e. The second-order valence-corrected chi connectivity index (χ2v) is 5.25. The summed E-state index contributed by atoms with van der Waals surface area (Å²) in [6, 6.07) is 6.21. The number of hydrogen-bond donors (Lipinski definition) is 0. The maximum absolute atomic E-state index is 12.7. The summed E-state index contributed by atoms with van der Waals surface area (Å²) in [7, 11) is 0. The van der Waals surface area contributed by atoms with Gasteiger partial charge < -0.3 is 4.90 Å². The molecule has 0 unspecified atom stereocenters. The van der Waals surface area contributed by atoms with Crippen molar-refractivity contribution >= 4 is 11.6 Å². The first-order valence-electron chi connectivity index (χ1n) is 7.64. The molecule has 0 aliphatic heterocycles. The van der Waals surface area contributed by atoms with Gasteiger partial charge in [-0.05, 0) is 44.5 Å². The van der Waals surface area contributed by atoms with Crippen LogP contribution >= 0.6 is 0 Å². The fraction of sp³-hybridized carbons (Fsp3) is 0.588. The average molecular weight is 276 g/mol. The van der Waals surface area contributed by atoms with Gasteiger partial charge in [0.2, 0.25) is 5.91 Å². The zero-order chi connectivity index (χ0) is 15.1. The van der Waals surface area contributed by atoms with Crippen molar-refractivity contribution in [2.24, 2.45) is 0 Å². The topological polar surface area (TPSA) is 23.6 Å². The van der Waals surface area contributed by atoms with E-state index in [9.17, 15) is 4.79 Å². The van der Waals surface area contributed by atoms with Crippen molar-refractivity contribution in [2.45, 2.75) is 41.0 Å². The first-order valence-corrected chi connectivity index (χ1v) is 7.64. The predicted octanol–water partition coefficient (Wildman–Crippen LogP) is 3.39. The molecule has 0 aliphatic rings. The highest BCUT2D eigenvalue weighted by Crippen LogP contribution is 2.25. The lowest BCUT2D eigenvalue weighted by Crippen LogP contribution is -2.41. The average Bonchev–Trinajstić information content (AvgIpc) is 2.43. The molecule has 0 fully saturated rings. The highest BCUT2D eigenvalue weighted by Gasteiger charge is 2.19. The minimum Gasteiger partial charge on any atom is -0.311 e. The summed E-state index contributed by atoms with van der Waals surface area (Å²) < 4.78 is 0. The lowest BCUT2D eigenvalue weighted by molar-refractivity contribution is -0.119. The number of carbonyl (C=O) groups is 1. The van der Waals surface area contributed by atoms with Crippen LogP contribution in [0.5, 0.6) is 0 Å². The molecule has 3 heteroatoms. The van der Waals surface area contributed by atoms with Crippen LogP contribution in [0.1, 0.15) is 38.3 Å². The van der Waals surface area contributed by atoms with Crippen molar-refractivity contribution in [3.63, 3.8) is 0 Å². The maximum atomic E-state index is 12.7. The third kappa shape index (κ3) is 4.07. The fourth-order valence-electron chi connectivity index (χ4n) is 2.54. The van der Waals surface area contributed by atoms with E-state index in [1.165, 1.54) is 11.1 Å². The molecule has 1 aromatic rings. The number of para-hydroxylation sites is 1. The van der Waals surface area contributed by atoms with Gasteiger partial charge in [0.15, 0.2) is 0 Å². The van der Waals surface area contributed by atoms with Crippen molar-refractivity contribution in [1.82, 2.24) is 4.90 Å². The Bertz CT molecular complexity index is 418. The normalized spacial score (nSPS) is 10.9. The molecular formula is C17H28N2O. The summed E-state index contributed by atoms with van der Waals surface area (Å²) in [5, 5.41) is 0. The van der Waals surface area contributed by atoms with E-state index in [-0.39, 0.29) is 5.91 Å². The second-order valence-electron chi connectivity index (χ2n) is 5.25. The van der Waals surface area contributed by atoms with Crippen LogP contribution < -0.4 is 4.90 Å². The van der Waals surface area contributed by atoms with E-state index in [2.05, 4.69) is 51.7 Å². The molecule has 0 atom stereocenters. The summed E-state index contributed by atoms with van der Waals surface area (Å²) in [5.41, 5.74) is 3.43. The number of nitrogens with zero attached hydrogens (tertiary/aromatic N) is 2. The van der Waals surface area contributed by atoms with E-state index in [1.807, 2.05) is 11.0 Å². The summed E-state index contributed by atoms with van der Waals surface area (Å²) in [6.07, 6.45) is 0.970. The van der Waals surface area contributed by atoms with Crippen LogP contribution in [0, 0.1) is 13.8 Å². The van der Waals surface area contributed by atoms with Gasteiger partial charge in [-0.25, -0.2) is 0 Å². The Morgan fingerprint density at radius 3 is 2.05 bits per heavy atom. The van der Waals surface area contributed by atoms with Gasteiger partial charge in [-0.15, -0.1) is 0 Å². The molecule has 0 aromatic heterocycles. The molecule has 20 heavy (non-hydrogen) atoms. The number of rotatable bonds is 7. The van der Waals surface area contributed by atoms with Crippen LogP contribution in [0.25, 0.3) is 0 Å². The molecule has 0 saturated carbocycles. The summed E-state index contributed by atoms with van der Waals surface area (Å²) in [4.78, 5) is 16.8. The molecule has 0 saturated heterocycles. The molecule has 0 N–H and O–H groups in total. The summed E-state index contributed by atoms with van der Waals surface area (Å²) in [6.45, 7) is 13.6. The molecule has 0 heterocycles. The molecular weight excluding hydrogens is 248 g/mol. The molecule has 0 aliphatic carbocycles. The van der Waals surface area contributed by atoms with Crippen molar-refractivity contribution in [2.75, 3.05) is 31.1 Å². The van der Waals surface area contributed by atoms with E-state index in [0.29, 0.717) is 6.54 Å². The summed E-state index contributed by atoms with van der Waals surface area (Å²) in [5.74, 6) is 0.202. The highest BCUT2D eigenvalue weighted by molar-refractivity contribution is 5.96. The third-order valence-electron chi connectivity index (χ3n) is 3.71. The smallest absolute Gasteiger partial charge is 0.241 e. The van der Waals surface area contributed by atoms with Crippen molar-refractivity contribution in [1.29, 1.82) is 0 Å². The number of anilines is 1. The minimum atomic E-state index is 0.202. The molecule has 112 valence electrons. The Morgan fingerprint density at radius 1 is 1.05 bits per heavy atom. The van der Waals surface area contributed by atoms with Gasteiger partial charge in [0.05, 0.1) is 6.54 Å². The Labute approximate surface area is 123 Å². The van der Waals surface area contributed by atoms with Crippen LogP contribution in [0.3, 0.4) is 0 Å². The number of hydrogen-bond acceptors (Lipinski definition) is 2. The van der Waals surface area contributed by atoms with Crippen LogP contribution in [-0.4, -0.2) is 37.0 Å². The lowest BCUT2D eigenvalue weighted by Gasteiger charge is -2.28. The van der Waals surface area contributed by atoms with Gasteiger partial charge in [0, 0.05) is 12.2 Å². The molecule has 0 radical (unpaired) electrons. The van der Waals surface area contributed by atoms with Crippen LogP contribution in [-0.2, 0) is 4.79 Å². The summed E-state index contributed by atoms with van der Waals surface area (Å²) >= 11 is 0. The SMILES string of the molecule is CCCN(C(=O)CN(CC)CC)c1c(C)cccc1C. The molecule has 1 aromatic carbocycles. The van der Waals surface area contributed by atoms with Crippen molar-refractivity contribution < 1.29 is 4.79 Å². The highest BCUT2D eigenvalue weighted by atomic mass is 16.2. The van der Waals surface area contributed by atoms with Crippen LogP contribution in [0.15, 0.2) is 18.2 Å². The lowest BCUT2D eigenvalue weighted by atomic mass is 10.1. The number of aryl methyl sites for hydroxylation is 2. The molecule has 1 rings (SSSR count). The Balaban J connectivity index is 3.02. The van der Waals surface area contributed by atoms with Gasteiger partial charge in [-0.1, -0.05) is 39.0 Å². The third-order valence-corrected chi connectivity index (χ3v) is 3.71. The fourth-order valence-corrected chi connectivity index (χ4v) is 2.54. The van der Waals surface area contributed by atoms with Crippen LogP contribution in [0.2, 0.25) is 0 Å². The largest absolute Gasteiger partial charge is 0.311 e. The number of carbonyl (C=O) groups excluding carboxylic acids is 1. The monoisotopic (exact) mass is 276 g/mol. The van der Waals surface area contributed by atoms with Gasteiger partial charge in [-0.3, -0.25) is 9.69 Å². The molecule has 3 nitrogen and oxygen atoms in total. The van der Waals surface area contributed by atoms with Gasteiger partial charge >= 0.3 is 0 Å². The Kier molecular flexibility index (Phi) is 6.73. The van der Waals surface area contributed by atoms with Gasteiger partial charge in [0.1, 0.15) is 0 Å². The molecule has 0 spiro atoms. The molecule has 0 bridgehead atoms. The zero-order valence-corrected chi connectivity index (χ0v) is 13.6. The van der Waals surface area contributed by atoms with Crippen molar-refractivity contribution in [3.8, 4) is 0 Å². The minimum absolute atomic E-state index is 0.202. The zero-order valence-electron chi connectivity index (χ0n) is 13.6. The number of benzene rings is 1. The van der Waals surface area contributed by atoms with E-state index < -0.39 is 0 Å².